The lowest BCUT2D eigenvalue weighted by atomic mass is 10.2. The average molecular weight is 434 g/mol. The van der Waals surface area contributed by atoms with Gasteiger partial charge in [-0.15, -0.1) is 5.10 Å². The first kappa shape index (κ1) is 21.4. The predicted octanol–water partition coefficient (Wildman–Crippen LogP) is 2.68. The number of esters is 1. The zero-order valence-electron chi connectivity index (χ0n) is 15.5. The molecule has 0 spiro atoms. The number of fused-ring (bicyclic) bond motifs is 1. The van der Waals surface area contributed by atoms with Crippen molar-refractivity contribution in [1.82, 2.24) is 15.0 Å². The fourth-order valence-electron chi connectivity index (χ4n) is 2.50. The second-order valence-corrected chi connectivity index (χ2v) is 7.06. The summed E-state index contributed by atoms with van der Waals surface area (Å²) in [6, 6.07) is 12.5. The van der Waals surface area contributed by atoms with Gasteiger partial charge in [0.2, 0.25) is 0 Å². The smallest absolute Gasteiger partial charge is 0.308 e. The zero-order chi connectivity index (χ0) is 21.5. The van der Waals surface area contributed by atoms with Crippen molar-refractivity contribution >= 4 is 40.2 Å². The molecule has 0 aliphatic heterocycles. The topological polar surface area (TPSA) is 103 Å². The van der Waals surface area contributed by atoms with Crippen molar-refractivity contribution in [3.63, 3.8) is 0 Å². The van der Waals surface area contributed by atoms with Crippen LogP contribution in [0.15, 0.2) is 58.2 Å². The number of nitrogens with zero attached hydrogens (tertiary/aromatic N) is 3. The predicted molar refractivity (Wildman–Crippen MR) is 106 cm³/mol. The van der Waals surface area contributed by atoms with E-state index < -0.39 is 24.2 Å². The molecular weight excluding hydrogens is 418 g/mol. The number of amides is 1. The van der Waals surface area contributed by atoms with Gasteiger partial charge in [-0.25, -0.2) is 4.68 Å². The molecule has 0 bridgehead atoms. The maximum Gasteiger partial charge on any atom is 0.308 e. The third-order valence-electron chi connectivity index (χ3n) is 3.88. The molecule has 1 N–H and O–H groups in total. The molecule has 1 heterocycles. The Bertz CT molecular complexity index is 1110. The highest BCUT2D eigenvalue weighted by Gasteiger charge is 2.11. The summed E-state index contributed by atoms with van der Waals surface area (Å²) >= 11 is 0.396. The van der Waals surface area contributed by atoms with E-state index >= 15 is 0 Å². The number of aromatic nitrogens is 3. The highest BCUT2D eigenvalue weighted by molar-refractivity contribution is 7.99. The van der Waals surface area contributed by atoms with Crippen LogP contribution in [-0.4, -0.2) is 39.2 Å². The molecule has 1 aromatic heterocycles. The third-order valence-corrected chi connectivity index (χ3v) is 4.61. The van der Waals surface area contributed by atoms with Gasteiger partial charge in [-0.3, -0.25) is 14.4 Å². The van der Waals surface area contributed by atoms with Crippen LogP contribution < -0.4 is 10.9 Å². The van der Waals surface area contributed by atoms with Crippen molar-refractivity contribution < 1.29 is 23.1 Å². The number of hydrogen-bond acceptors (Lipinski definition) is 7. The summed E-state index contributed by atoms with van der Waals surface area (Å²) < 4.78 is 30.5. The quantitative estimate of drug-likeness (QED) is 0.429. The van der Waals surface area contributed by atoms with Crippen molar-refractivity contribution in [2.75, 3.05) is 11.9 Å². The lowest BCUT2D eigenvalue weighted by Crippen LogP contribution is -2.26. The summed E-state index contributed by atoms with van der Waals surface area (Å²) in [5, 5.41) is 10.6. The number of alkyl halides is 2. The van der Waals surface area contributed by atoms with Crippen molar-refractivity contribution in [2.24, 2.45) is 0 Å². The van der Waals surface area contributed by atoms with Crippen LogP contribution in [-0.2, 0) is 20.9 Å². The molecule has 0 radical (unpaired) electrons. The van der Waals surface area contributed by atoms with Gasteiger partial charge in [0.25, 0.3) is 17.2 Å². The largest absolute Gasteiger partial charge is 0.456 e. The van der Waals surface area contributed by atoms with Gasteiger partial charge < -0.3 is 10.1 Å². The number of ether oxygens (including phenoxy) is 1. The van der Waals surface area contributed by atoms with E-state index in [2.05, 4.69) is 15.6 Å². The maximum atomic E-state index is 12.3. The Morgan fingerprint density at radius 3 is 2.60 bits per heavy atom. The number of nitrogens with one attached hydrogen (secondary N) is 1. The molecule has 3 rings (SSSR count). The lowest BCUT2D eigenvalue weighted by molar-refractivity contribution is -0.147. The van der Waals surface area contributed by atoms with Gasteiger partial charge in [0.15, 0.2) is 6.61 Å². The van der Waals surface area contributed by atoms with E-state index in [-0.39, 0.29) is 18.5 Å². The molecule has 0 aliphatic rings. The minimum atomic E-state index is -2.53. The highest BCUT2D eigenvalue weighted by atomic mass is 32.2. The van der Waals surface area contributed by atoms with Crippen LogP contribution in [0.1, 0.15) is 6.42 Å². The van der Waals surface area contributed by atoms with E-state index in [0.717, 1.165) is 4.68 Å². The van der Waals surface area contributed by atoms with Gasteiger partial charge in [-0.2, -0.15) is 8.78 Å². The van der Waals surface area contributed by atoms with E-state index in [1.54, 1.807) is 24.3 Å². The molecule has 2 aromatic carbocycles. The molecule has 0 unspecified atom stereocenters. The highest BCUT2D eigenvalue weighted by Crippen LogP contribution is 2.26. The molecule has 0 fully saturated rings. The first-order chi connectivity index (χ1) is 14.4. The summed E-state index contributed by atoms with van der Waals surface area (Å²) in [4.78, 5) is 36.4. The molecule has 8 nitrogen and oxygen atoms in total. The van der Waals surface area contributed by atoms with Crippen LogP contribution >= 0.6 is 11.8 Å². The molecule has 0 saturated heterocycles. The summed E-state index contributed by atoms with van der Waals surface area (Å²) in [6.07, 6.45) is -0.167. The molecular formula is C19H16F2N4O4S. The Kier molecular flexibility index (Phi) is 7.07. The molecule has 0 atom stereocenters. The number of thioether (sulfide) groups is 1. The Labute approximate surface area is 173 Å². The third kappa shape index (κ3) is 5.83. The second-order valence-electron chi connectivity index (χ2n) is 6.00. The van der Waals surface area contributed by atoms with Crippen LogP contribution in [0, 0.1) is 0 Å². The normalized spacial score (nSPS) is 10.9. The van der Waals surface area contributed by atoms with Crippen LogP contribution in [0.4, 0.5) is 14.5 Å². The SMILES string of the molecule is O=C(COC(=O)CCn1nnc2ccccc2c1=O)Nc1ccc(SC(F)F)cc1. The number of carbonyl (C=O) groups excluding carboxylic acids is 2. The van der Waals surface area contributed by atoms with Crippen LogP contribution in [0.2, 0.25) is 0 Å². The molecule has 0 saturated carbocycles. The second kappa shape index (κ2) is 9.92. The number of halogens is 2. The van der Waals surface area contributed by atoms with E-state index in [4.69, 9.17) is 4.74 Å². The van der Waals surface area contributed by atoms with E-state index in [1.165, 1.54) is 24.3 Å². The first-order valence-corrected chi connectivity index (χ1v) is 9.63. The number of anilines is 1. The van der Waals surface area contributed by atoms with E-state index in [9.17, 15) is 23.2 Å². The van der Waals surface area contributed by atoms with Crippen molar-refractivity contribution in [3.8, 4) is 0 Å². The van der Waals surface area contributed by atoms with Crippen molar-refractivity contribution in [3.05, 3.63) is 58.9 Å². The summed E-state index contributed by atoms with van der Waals surface area (Å²) in [5.41, 5.74) is 0.464. The number of hydrogen-bond donors (Lipinski definition) is 1. The molecule has 156 valence electrons. The fourth-order valence-corrected chi connectivity index (χ4v) is 3.00. The minimum Gasteiger partial charge on any atom is -0.456 e. The minimum absolute atomic E-state index is 0.0413. The Morgan fingerprint density at radius 2 is 1.87 bits per heavy atom. The average Bonchev–Trinajstić information content (AvgIpc) is 2.73. The van der Waals surface area contributed by atoms with Crippen molar-refractivity contribution in [2.45, 2.75) is 23.6 Å². The van der Waals surface area contributed by atoms with Crippen molar-refractivity contribution in [1.29, 1.82) is 0 Å². The number of aryl methyl sites for hydroxylation is 1. The molecule has 11 heteroatoms. The number of carbonyl (C=O) groups is 2. The zero-order valence-corrected chi connectivity index (χ0v) is 16.3. The summed E-state index contributed by atoms with van der Waals surface area (Å²) in [6.45, 7) is -0.564. The van der Waals surface area contributed by atoms with Gasteiger partial charge in [0, 0.05) is 10.6 Å². The summed E-state index contributed by atoms with van der Waals surface area (Å²) in [5.74, 6) is -3.79. The summed E-state index contributed by atoms with van der Waals surface area (Å²) in [7, 11) is 0. The maximum absolute atomic E-state index is 12.3. The number of rotatable bonds is 8. The first-order valence-electron chi connectivity index (χ1n) is 8.75. The molecule has 30 heavy (non-hydrogen) atoms. The molecule has 0 aliphatic carbocycles. The fraction of sp³-hybridized carbons (Fsp3) is 0.211. The Morgan fingerprint density at radius 1 is 1.13 bits per heavy atom. The Hall–Kier alpha value is -3.34. The van der Waals surface area contributed by atoms with Gasteiger partial charge >= 0.3 is 5.97 Å². The molecule has 3 aromatic rings. The van der Waals surface area contributed by atoms with Crippen LogP contribution in [0.5, 0.6) is 0 Å². The van der Waals surface area contributed by atoms with Gasteiger partial charge in [-0.05, 0) is 36.4 Å². The molecule has 1 amide bonds. The van der Waals surface area contributed by atoms with Gasteiger partial charge in [0.05, 0.1) is 18.4 Å². The Balaban J connectivity index is 1.46. The van der Waals surface area contributed by atoms with Gasteiger partial charge in [0.1, 0.15) is 5.52 Å². The van der Waals surface area contributed by atoms with Crippen LogP contribution in [0.25, 0.3) is 10.9 Å². The lowest BCUT2D eigenvalue weighted by Gasteiger charge is -2.08. The van der Waals surface area contributed by atoms with Crippen LogP contribution in [0.3, 0.4) is 0 Å². The van der Waals surface area contributed by atoms with E-state index in [1.807, 2.05) is 0 Å². The monoisotopic (exact) mass is 434 g/mol. The standard InChI is InChI=1S/C19H16F2N4O4S/c20-19(21)30-13-7-5-12(6-8-13)22-16(26)11-29-17(27)9-10-25-18(28)14-3-1-2-4-15(14)23-24-25/h1-8,19H,9-11H2,(H,22,26). The number of benzene rings is 2. The van der Waals surface area contributed by atoms with Gasteiger partial charge in [-0.1, -0.05) is 29.1 Å². The van der Waals surface area contributed by atoms with E-state index in [0.29, 0.717) is 33.2 Å².